The molecule has 0 radical (unpaired) electrons. The van der Waals surface area contributed by atoms with Gasteiger partial charge in [-0.2, -0.15) is 0 Å². The summed E-state index contributed by atoms with van der Waals surface area (Å²) in [6, 6.07) is 7.68. The zero-order valence-electron chi connectivity index (χ0n) is 6.66. The molecule has 0 bridgehead atoms. The van der Waals surface area contributed by atoms with Crippen molar-refractivity contribution in [3.63, 3.8) is 0 Å². The normalized spacial score (nSPS) is 15.5. The largest absolute Gasteiger partial charge is 0.491 e. The topological polar surface area (TPSA) is 47.6 Å². The van der Waals surface area contributed by atoms with E-state index in [9.17, 15) is 0 Å². The van der Waals surface area contributed by atoms with Crippen molar-refractivity contribution < 1.29 is 4.74 Å². The zero-order chi connectivity index (χ0) is 8.39. The number of nitrogens with two attached hydrogens (primary N) is 1. The van der Waals surface area contributed by atoms with Gasteiger partial charge in [-0.3, -0.25) is 4.99 Å². The van der Waals surface area contributed by atoms with E-state index in [0.29, 0.717) is 19.0 Å². The number of aliphatic imine (C=N–C) groups is 1. The van der Waals surface area contributed by atoms with E-state index in [0.717, 1.165) is 11.3 Å². The Morgan fingerprint density at radius 3 is 3.08 bits per heavy atom. The third-order valence-electron chi connectivity index (χ3n) is 1.79. The molecule has 0 amide bonds. The summed E-state index contributed by atoms with van der Waals surface area (Å²) in [5, 5.41) is 0. The van der Waals surface area contributed by atoms with E-state index in [1.165, 1.54) is 0 Å². The monoisotopic (exact) mass is 162 g/mol. The predicted molar refractivity (Wildman–Crippen MR) is 47.5 cm³/mol. The van der Waals surface area contributed by atoms with Crippen LogP contribution in [-0.2, 0) is 0 Å². The number of rotatable bonds is 0. The SMILES string of the molecule is NC1=NCCOc2ccccc21. The lowest BCUT2D eigenvalue weighted by Crippen LogP contribution is -2.12. The fourth-order valence-electron chi connectivity index (χ4n) is 1.21. The first-order valence-corrected chi connectivity index (χ1v) is 3.90. The van der Waals surface area contributed by atoms with Crippen LogP contribution in [0.1, 0.15) is 5.56 Å². The summed E-state index contributed by atoms with van der Waals surface area (Å²) in [6.45, 7) is 1.25. The highest BCUT2D eigenvalue weighted by molar-refractivity contribution is 6.00. The molecule has 2 N–H and O–H groups in total. The van der Waals surface area contributed by atoms with Crippen molar-refractivity contribution in [1.29, 1.82) is 0 Å². The number of ether oxygens (including phenoxy) is 1. The minimum Gasteiger partial charge on any atom is -0.491 e. The molecule has 3 nitrogen and oxygen atoms in total. The fraction of sp³-hybridized carbons (Fsp3) is 0.222. The van der Waals surface area contributed by atoms with Crippen molar-refractivity contribution >= 4 is 5.84 Å². The third-order valence-corrected chi connectivity index (χ3v) is 1.79. The van der Waals surface area contributed by atoms with Gasteiger partial charge in [0.1, 0.15) is 18.2 Å². The summed E-state index contributed by atoms with van der Waals surface area (Å²) >= 11 is 0. The van der Waals surface area contributed by atoms with Crippen LogP contribution in [0.5, 0.6) is 5.75 Å². The number of amidine groups is 1. The van der Waals surface area contributed by atoms with E-state index < -0.39 is 0 Å². The minimum atomic E-state index is 0.572. The first-order valence-electron chi connectivity index (χ1n) is 3.90. The molecule has 62 valence electrons. The van der Waals surface area contributed by atoms with Crippen LogP contribution in [0, 0.1) is 0 Å². The fourth-order valence-corrected chi connectivity index (χ4v) is 1.21. The molecular formula is C9H10N2O. The number of para-hydroxylation sites is 1. The van der Waals surface area contributed by atoms with Gasteiger partial charge in [-0.25, -0.2) is 0 Å². The summed E-state index contributed by atoms with van der Waals surface area (Å²) in [6.07, 6.45) is 0. The highest BCUT2D eigenvalue weighted by atomic mass is 16.5. The van der Waals surface area contributed by atoms with E-state index in [1.54, 1.807) is 0 Å². The Morgan fingerprint density at radius 1 is 1.33 bits per heavy atom. The van der Waals surface area contributed by atoms with E-state index in [1.807, 2.05) is 24.3 Å². The van der Waals surface area contributed by atoms with Crippen LogP contribution in [0.15, 0.2) is 29.3 Å². The van der Waals surface area contributed by atoms with Crippen molar-refractivity contribution in [3.05, 3.63) is 29.8 Å². The second kappa shape index (κ2) is 2.85. The third kappa shape index (κ3) is 1.13. The molecule has 0 unspecified atom stereocenters. The molecule has 0 atom stereocenters. The molecule has 1 heterocycles. The van der Waals surface area contributed by atoms with Gasteiger partial charge in [-0.05, 0) is 12.1 Å². The summed E-state index contributed by atoms with van der Waals surface area (Å²) < 4.78 is 5.42. The molecule has 1 aromatic rings. The van der Waals surface area contributed by atoms with Crippen LogP contribution in [0.2, 0.25) is 0 Å². The lowest BCUT2D eigenvalue weighted by Gasteiger charge is -2.04. The maximum absolute atomic E-state index is 5.72. The highest BCUT2D eigenvalue weighted by Gasteiger charge is 2.08. The van der Waals surface area contributed by atoms with Crippen LogP contribution >= 0.6 is 0 Å². The molecule has 1 aliphatic rings. The molecule has 1 aliphatic heterocycles. The summed E-state index contributed by atoms with van der Waals surface area (Å²) in [5.74, 6) is 1.40. The molecule has 1 aromatic carbocycles. The molecule has 0 saturated carbocycles. The Morgan fingerprint density at radius 2 is 2.17 bits per heavy atom. The second-order valence-electron chi connectivity index (χ2n) is 2.61. The van der Waals surface area contributed by atoms with Crippen molar-refractivity contribution in [2.45, 2.75) is 0 Å². The van der Waals surface area contributed by atoms with E-state index in [2.05, 4.69) is 4.99 Å². The lowest BCUT2D eigenvalue weighted by molar-refractivity contribution is 0.331. The first-order chi connectivity index (χ1) is 5.88. The number of fused-ring (bicyclic) bond motifs is 1. The van der Waals surface area contributed by atoms with Crippen LogP contribution in [0.3, 0.4) is 0 Å². The van der Waals surface area contributed by atoms with E-state index in [-0.39, 0.29) is 0 Å². The molecule has 2 rings (SSSR count). The Kier molecular flexibility index (Phi) is 1.70. The number of hydrogen-bond acceptors (Lipinski definition) is 3. The predicted octanol–water partition coefficient (Wildman–Crippen LogP) is 0.784. The maximum Gasteiger partial charge on any atom is 0.130 e. The smallest absolute Gasteiger partial charge is 0.130 e. The summed E-state index contributed by atoms with van der Waals surface area (Å²) in [4.78, 5) is 4.13. The molecule has 0 saturated heterocycles. The van der Waals surface area contributed by atoms with Gasteiger partial charge in [-0.15, -0.1) is 0 Å². The van der Waals surface area contributed by atoms with Crippen molar-refractivity contribution in [1.82, 2.24) is 0 Å². The number of benzene rings is 1. The second-order valence-corrected chi connectivity index (χ2v) is 2.61. The Labute approximate surface area is 70.9 Å². The van der Waals surface area contributed by atoms with Gasteiger partial charge in [0.15, 0.2) is 0 Å². The average molecular weight is 162 g/mol. The molecule has 0 fully saturated rings. The van der Waals surface area contributed by atoms with Crippen LogP contribution in [0.4, 0.5) is 0 Å². The quantitative estimate of drug-likeness (QED) is 0.613. The summed E-state index contributed by atoms with van der Waals surface area (Å²) in [5.41, 5.74) is 6.61. The summed E-state index contributed by atoms with van der Waals surface area (Å²) in [7, 11) is 0. The van der Waals surface area contributed by atoms with Gasteiger partial charge < -0.3 is 10.5 Å². The average Bonchev–Trinajstić information content (AvgIpc) is 2.29. The first kappa shape index (κ1) is 7.16. The lowest BCUT2D eigenvalue weighted by atomic mass is 10.2. The van der Waals surface area contributed by atoms with Crippen molar-refractivity contribution in [2.75, 3.05) is 13.2 Å². The molecule has 0 spiro atoms. The molecule has 0 aromatic heterocycles. The van der Waals surface area contributed by atoms with Gasteiger partial charge in [0.05, 0.1) is 12.1 Å². The van der Waals surface area contributed by atoms with Gasteiger partial charge in [0.2, 0.25) is 0 Å². The van der Waals surface area contributed by atoms with Gasteiger partial charge in [0.25, 0.3) is 0 Å². The number of nitrogens with zero attached hydrogens (tertiary/aromatic N) is 1. The van der Waals surface area contributed by atoms with Crippen LogP contribution < -0.4 is 10.5 Å². The standard InChI is InChI=1S/C9H10N2O/c10-9-7-3-1-2-4-8(7)12-6-5-11-9/h1-4H,5-6H2,(H2,10,11). The molecule has 3 heteroatoms. The van der Waals surface area contributed by atoms with Crippen LogP contribution in [0.25, 0.3) is 0 Å². The maximum atomic E-state index is 5.72. The minimum absolute atomic E-state index is 0.572. The Balaban J connectivity index is 2.51. The van der Waals surface area contributed by atoms with E-state index >= 15 is 0 Å². The molecule has 12 heavy (non-hydrogen) atoms. The van der Waals surface area contributed by atoms with Gasteiger partial charge in [-0.1, -0.05) is 12.1 Å². The van der Waals surface area contributed by atoms with E-state index in [4.69, 9.17) is 10.5 Å². The highest BCUT2D eigenvalue weighted by Crippen LogP contribution is 2.18. The number of hydrogen-bond donors (Lipinski definition) is 1. The Hall–Kier alpha value is -1.51. The Bertz CT molecular complexity index is 320. The molecular weight excluding hydrogens is 152 g/mol. The molecule has 0 aliphatic carbocycles. The van der Waals surface area contributed by atoms with Crippen molar-refractivity contribution in [3.8, 4) is 5.75 Å². The zero-order valence-corrected chi connectivity index (χ0v) is 6.66. The van der Waals surface area contributed by atoms with Gasteiger partial charge >= 0.3 is 0 Å². The van der Waals surface area contributed by atoms with Crippen LogP contribution in [-0.4, -0.2) is 19.0 Å². The van der Waals surface area contributed by atoms with Crippen molar-refractivity contribution in [2.24, 2.45) is 10.7 Å². The van der Waals surface area contributed by atoms with Gasteiger partial charge in [0, 0.05) is 0 Å².